The Kier molecular flexibility index (Phi) is 3.89. The van der Waals surface area contributed by atoms with Crippen LogP contribution in [-0.2, 0) is 13.2 Å². The molecule has 1 aromatic heterocycles. The molecule has 3 nitrogen and oxygen atoms in total. The zero-order chi connectivity index (χ0) is 13.0. The molecule has 94 valence electrons. The Hall–Kier alpha value is -1.94. The molecular formula is C14H15FN2O. The SMILES string of the molecule is Cc1cc(OCc2ccccc2F)c(CN)cn1. The zero-order valence-corrected chi connectivity index (χ0v) is 10.2. The fraction of sp³-hybridized carbons (Fsp3) is 0.214. The van der Waals surface area contributed by atoms with Crippen molar-refractivity contribution in [3.63, 3.8) is 0 Å². The van der Waals surface area contributed by atoms with E-state index in [1.807, 2.05) is 13.0 Å². The van der Waals surface area contributed by atoms with E-state index in [9.17, 15) is 4.39 Å². The second-order valence-electron chi connectivity index (χ2n) is 4.02. The molecule has 1 aromatic carbocycles. The summed E-state index contributed by atoms with van der Waals surface area (Å²) in [6.07, 6.45) is 1.69. The summed E-state index contributed by atoms with van der Waals surface area (Å²) >= 11 is 0. The standard InChI is InChI=1S/C14H15FN2O/c1-10-6-14(12(7-16)8-17-10)18-9-11-4-2-3-5-13(11)15/h2-6,8H,7,9,16H2,1H3. The van der Waals surface area contributed by atoms with Crippen molar-refractivity contribution in [1.29, 1.82) is 0 Å². The van der Waals surface area contributed by atoms with Crippen LogP contribution in [0.3, 0.4) is 0 Å². The summed E-state index contributed by atoms with van der Waals surface area (Å²) in [6.45, 7) is 2.40. The third-order valence-electron chi connectivity index (χ3n) is 2.64. The first-order chi connectivity index (χ1) is 8.70. The Labute approximate surface area is 105 Å². The highest BCUT2D eigenvalue weighted by Gasteiger charge is 2.06. The van der Waals surface area contributed by atoms with E-state index in [0.29, 0.717) is 17.9 Å². The number of aromatic nitrogens is 1. The van der Waals surface area contributed by atoms with Crippen LogP contribution in [0.1, 0.15) is 16.8 Å². The molecule has 0 fully saturated rings. The van der Waals surface area contributed by atoms with Crippen molar-refractivity contribution < 1.29 is 9.13 Å². The summed E-state index contributed by atoms with van der Waals surface area (Å²) in [5, 5.41) is 0. The average Bonchev–Trinajstić information content (AvgIpc) is 2.38. The number of hydrogen-bond donors (Lipinski definition) is 1. The van der Waals surface area contributed by atoms with Gasteiger partial charge in [0.15, 0.2) is 0 Å². The van der Waals surface area contributed by atoms with Gasteiger partial charge >= 0.3 is 0 Å². The molecule has 4 heteroatoms. The summed E-state index contributed by atoms with van der Waals surface area (Å²) in [7, 11) is 0. The molecule has 18 heavy (non-hydrogen) atoms. The van der Waals surface area contributed by atoms with Crippen LogP contribution in [0.2, 0.25) is 0 Å². The van der Waals surface area contributed by atoms with E-state index in [2.05, 4.69) is 4.98 Å². The first-order valence-corrected chi connectivity index (χ1v) is 5.72. The first kappa shape index (κ1) is 12.5. The predicted molar refractivity (Wildman–Crippen MR) is 67.6 cm³/mol. The number of rotatable bonds is 4. The van der Waals surface area contributed by atoms with E-state index in [1.165, 1.54) is 6.07 Å². The fourth-order valence-electron chi connectivity index (χ4n) is 1.62. The Bertz CT molecular complexity index is 543. The first-order valence-electron chi connectivity index (χ1n) is 5.72. The third-order valence-corrected chi connectivity index (χ3v) is 2.64. The normalized spacial score (nSPS) is 10.4. The van der Waals surface area contributed by atoms with Gasteiger partial charge in [-0.1, -0.05) is 18.2 Å². The maximum atomic E-state index is 13.4. The van der Waals surface area contributed by atoms with Crippen LogP contribution in [0, 0.1) is 12.7 Å². The monoisotopic (exact) mass is 246 g/mol. The van der Waals surface area contributed by atoms with Gasteiger partial charge in [-0.15, -0.1) is 0 Å². The molecule has 0 spiro atoms. The number of ether oxygens (including phenoxy) is 1. The molecule has 2 rings (SSSR count). The van der Waals surface area contributed by atoms with Crippen molar-refractivity contribution >= 4 is 0 Å². The van der Waals surface area contributed by atoms with Gasteiger partial charge < -0.3 is 10.5 Å². The molecule has 0 aliphatic carbocycles. The van der Waals surface area contributed by atoms with E-state index in [4.69, 9.17) is 10.5 Å². The van der Waals surface area contributed by atoms with Gasteiger partial charge in [-0.3, -0.25) is 4.98 Å². The molecule has 0 amide bonds. The lowest BCUT2D eigenvalue weighted by atomic mass is 10.2. The molecular weight excluding hydrogens is 231 g/mol. The van der Waals surface area contributed by atoms with Crippen LogP contribution in [0.4, 0.5) is 4.39 Å². The molecule has 2 N–H and O–H groups in total. The highest BCUT2D eigenvalue weighted by Crippen LogP contribution is 2.20. The minimum Gasteiger partial charge on any atom is -0.488 e. The van der Waals surface area contributed by atoms with E-state index >= 15 is 0 Å². The number of nitrogens with two attached hydrogens (primary N) is 1. The Morgan fingerprint density at radius 3 is 2.78 bits per heavy atom. The average molecular weight is 246 g/mol. The number of pyridine rings is 1. The maximum absolute atomic E-state index is 13.4. The van der Waals surface area contributed by atoms with Crippen LogP contribution in [0.25, 0.3) is 0 Å². The minimum absolute atomic E-state index is 0.184. The summed E-state index contributed by atoms with van der Waals surface area (Å²) < 4.78 is 19.1. The van der Waals surface area contributed by atoms with Gasteiger partial charge in [-0.2, -0.15) is 0 Å². The minimum atomic E-state index is -0.266. The van der Waals surface area contributed by atoms with Crippen molar-refractivity contribution in [1.82, 2.24) is 4.98 Å². The summed E-state index contributed by atoms with van der Waals surface area (Å²) in [4.78, 5) is 4.15. The molecule has 0 aliphatic heterocycles. The Morgan fingerprint density at radius 1 is 1.28 bits per heavy atom. The number of hydrogen-bond acceptors (Lipinski definition) is 3. The van der Waals surface area contributed by atoms with E-state index in [-0.39, 0.29) is 12.4 Å². The summed E-state index contributed by atoms with van der Waals surface area (Å²) in [6, 6.07) is 8.36. The Morgan fingerprint density at radius 2 is 2.06 bits per heavy atom. The Balaban J connectivity index is 2.15. The molecule has 2 aromatic rings. The summed E-state index contributed by atoms with van der Waals surface area (Å²) in [5.41, 5.74) is 7.79. The number of nitrogens with zero attached hydrogens (tertiary/aromatic N) is 1. The lowest BCUT2D eigenvalue weighted by Crippen LogP contribution is -2.05. The molecule has 0 saturated heterocycles. The highest BCUT2D eigenvalue weighted by molar-refractivity contribution is 5.33. The second kappa shape index (κ2) is 5.60. The number of benzene rings is 1. The highest BCUT2D eigenvalue weighted by atomic mass is 19.1. The van der Waals surface area contributed by atoms with Gasteiger partial charge in [0.05, 0.1) is 0 Å². The summed E-state index contributed by atoms with van der Waals surface area (Å²) in [5.74, 6) is 0.394. The van der Waals surface area contributed by atoms with Crippen molar-refractivity contribution in [2.24, 2.45) is 5.73 Å². The topological polar surface area (TPSA) is 48.1 Å². The molecule has 0 saturated carbocycles. The van der Waals surface area contributed by atoms with E-state index < -0.39 is 0 Å². The molecule has 1 heterocycles. The third kappa shape index (κ3) is 2.84. The number of halogens is 1. The van der Waals surface area contributed by atoms with Gasteiger partial charge in [0.25, 0.3) is 0 Å². The lowest BCUT2D eigenvalue weighted by molar-refractivity contribution is 0.296. The van der Waals surface area contributed by atoms with Gasteiger partial charge in [0.2, 0.25) is 0 Å². The van der Waals surface area contributed by atoms with Crippen LogP contribution >= 0.6 is 0 Å². The number of aryl methyl sites for hydroxylation is 1. The predicted octanol–water partition coefficient (Wildman–Crippen LogP) is 2.57. The van der Waals surface area contributed by atoms with Crippen LogP contribution in [-0.4, -0.2) is 4.98 Å². The molecule has 0 radical (unpaired) electrons. The fourth-order valence-corrected chi connectivity index (χ4v) is 1.62. The van der Waals surface area contributed by atoms with Gasteiger partial charge in [-0.05, 0) is 13.0 Å². The smallest absolute Gasteiger partial charge is 0.129 e. The zero-order valence-electron chi connectivity index (χ0n) is 10.2. The molecule has 0 atom stereocenters. The van der Waals surface area contributed by atoms with E-state index in [0.717, 1.165) is 11.3 Å². The van der Waals surface area contributed by atoms with Gasteiger partial charge in [0, 0.05) is 35.6 Å². The van der Waals surface area contributed by atoms with Crippen LogP contribution in [0.15, 0.2) is 36.5 Å². The second-order valence-corrected chi connectivity index (χ2v) is 4.02. The van der Waals surface area contributed by atoms with Crippen LogP contribution < -0.4 is 10.5 Å². The van der Waals surface area contributed by atoms with Crippen molar-refractivity contribution in [2.75, 3.05) is 0 Å². The molecule has 0 bridgehead atoms. The quantitative estimate of drug-likeness (QED) is 0.902. The van der Waals surface area contributed by atoms with Crippen molar-refractivity contribution in [2.45, 2.75) is 20.1 Å². The molecule has 0 aliphatic rings. The largest absolute Gasteiger partial charge is 0.488 e. The van der Waals surface area contributed by atoms with Crippen molar-refractivity contribution in [3.05, 3.63) is 59.2 Å². The van der Waals surface area contributed by atoms with Gasteiger partial charge in [-0.25, -0.2) is 4.39 Å². The van der Waals surface area contributed by atoms with Crippen molar-refractivity contribution in [3.8, 4) is 5.75 Å². The van der Waals surface area contributed by atoms with E-state index in [1.54, 1.807) is 24.4 Å². The molecule has 0 unspecified atom stereocenters. The van der Waals surface area contributed by atoms with Gasteiger partial charge in [0.1, 0.15) is 18.2 Å². The lowest BCUT2D eigenvalue weighted by Gasteiger charge is -2.11. The van der Waals surface area contributed by atoms with Crippen LogP contribution in [0.5, 0.6) is 5.75 Å². The maximum Gasteiger partial charge on any atom is 0.129 e.